The van der Waals surface area contributed by atoms with Gasteiger partial charge in [-0.3, -0.25) is 19.1 Å². The number of nitrogens with one attached hydrogen (secondary N) is 1. The minimum Gasteiger partial charge on any atom is -0.442 e. The number of amides is 1. The van der Waals surface area contributed by atoms with Gasteiger partial charge in [-0.05, 0) is 39.2 Å². The highest BCUT2D eigenvalue weighted by Crippen LogP contribution is 2.21. The third-order valence-electron chi connectivity index (χ3n) is 5.27. The van der Waals surface area contributed by atoms with Crippen molar-refractivity contribution < 1.29 is 9.21 Å². The first-order valence-electron chi connectivity index (χ1n) is 9.89. The average molecular weight is 374 g/mol. The number of rotatable bonds is 6. The fourth-order valence-electron chi connectivity index (χ4n) is 3.83. The van der Waals surface area contributed by atoms with Crippen LogP contribution in [0.3, 0.4) is 0 Å². The molecule has 2 aromatic heterocycles. The number of hydrogen-bond donors (Lipinski definition) is 1. The summed E-state index contributed by atoms with van der Waals surface area (Å²) in [6.07, 6.45) is 5.19. The van der Waals surface area contributed by atoms with E-state index in [0.717, 1.165) is 13.1 Å². The molecule has 1 aliphatic heterocycles. The summed E-state index contributed by atoms with van der Waals surface area (Å²) in [5, 5.41) is 3.23. The molecule has 0 bridgehead atoms. The first-order chi connectivity index (χ1) is 12.9. The van der Waals surface area contributed by atoms with Gasteiger partial charge in [0.25, 0.3) is 11.5 Å². The largest absolute Gasteiger partial charge is 0.442 e. The van der Waals surface area contributed by atoms with Crippen LogP contribution < -0.4 is 10.9 Å². The number of likely N-dealkylation sites (tertiary alicyclic amines) is 1. The van der Waals surface area contributed by atoms with Crippen LogP contribution in [0.15, 0.2) is 15.5 Å². The molecule has 27 heavy (non-hydrogen) atoms. The Bertz CT molecular complexity index is 868. The molecule has 148 valence electrons. The predicted molar refractivity (Wildman–Crippen MR) is 105 cm³/mol. The Labute approximate surface area is 159 Å². The van der Waals surface area contributed by atoms with E-state index in [2.05, 4.69) is 22.1 Å². The Morgan fingerprint density at radius 2 is 2.19 bits per heavy atom. The minimum absolute atomic E-state index is 0.222. The predicted octanol–water partition coefficient (Wildman–Crippen LogP) is 2.56. The summed E-state index contributed by atoms with van der Waals surface area (Å²) >= 11 is 0. The number of aryl methyl sites for hydroxylation is 1. The van der Waals surface area contributed by atoms with Crippen LogP contribution in [0.2, 0.25) is 0 Å². The lowest BCUT2D eigenvalue weighted by molar-refractivity contribution is 0.0938. The molecule has 0 aliphatic carbocycles. The maximum atomic E-state index is 12.8. The fourth-order valence-corrected chi connectivity index (χ4v) is 3.83. The summed E-state index contributed by atoms with van der Waals surface area (Å²) in [6, 6.07) is 0.555. The molecule has 1 fully saturated rings. The summed E-state index contributed by atoms with van der Waals surface area (Å²) in [5.41, 5.74) is 0.319. The molecule has 0 unspecified atom stereocenters. The second-order valence-corrected chi connectivity index (χ2v) is 7.95. The molecule has 0 spiro atoms. The molecule has 1 aliphatic rings. The Hall–Kier alpha value is -2.15. The standard InChI is InChI=1S/C20H30N4O3/c1-13(2)11-24-12-22-19-17(20(24)26)16(15(4)27-19)18(25)21-8-10-23-9-6-5-7-14(23)3/h12-14H,5-11H2,1-4H3,(H,21,25)/t14-/m1/s1. The van der Waals surface area contributed by atoms with E-state index in [-0.39, 0.29) is 22.6 Å². The third kappa shape index (κ3) is 4.24. The number of carbonyl (C=O) groups excluding carboxylic acids is 1. The van der Waals surface area contributed by atoms with Gasteiger partial charge in [-0.1, -0.05) is 20.3 Å². The zero-order chi connectivity index (χ0) is 19.6. The number of aromatic nitrogens is 2. The van der Waals surface area contributed by atoms with Crippen LogP contribution in [0.1, 0.15) is 56.2 Å². The summed E-state index contributed by atoms with van der Waals surface area (Å²) in [6.45, 7) is 11.0. The molecule has 3 rings (SSSR count). The lowest BCUT2D eigenvalue weighted by Gasteiger charge is -2.33. The van der Waals surface area contributed by atoms with Crippen molar-refractivity contribution in [2.75, 3.05) is 19.6 Å². The van der Waals surface area contributed by atoms with Crippen molar-refractivity contribution in [3.63, 3.8) is 0 Å². The quantitative estimate of drug-likeness (QED) is 0.840. The number of piperidine rings is 1. The Morgan fingerprint density at radius 3 is 2.89 bits per heavy atom. The van der Waals surface area contributed by atoms with Gasteiger partial charge < -0.3 is 9.73 Å². The average Bonchev–Trinajstić information content (AvgIpc) is 2.95. The fraction of sp³-hybridized carbons (Fsp3) is 0.650. The molecule has 0 aromatic carbocycles. The van der Waals surface area contributed by atoms with Crippen LogP contribution >= 0.6 is 0 Å². The topological polar surface area (TPSA) is 80.4 Å². The molecular weight excluding hydrogens is 344 g/mol. The van der Waals surface area contributed by atoms with E-state index in [0.29, 0.717) is 36.4 Å². The van der Waals surface area contributed by atoms with Gasteiger partial charge in [0.1, 0.15) is 17.5 Å². The van der Waals surface area contributed by atoms with Crippen LogP contribution in [-0.2, 0) is 6.54 Å². The molecule has 1 amide bonds. The number of carbonyl (C=O) groups is 1. The summed E-state index contributed by atoms with van der Waals surface area (Å²) in [5.74, 6) is 0.469. The monoisotopic (exact) mass is 374 g/mol. The van der Waals surface area contributed by atoms with E-state index in [4.69, 9.17) is 4.42 Å². The zero-order valence-electron chi connectivity index (χ0n) is 16.7. The maximum absolute atomic E-state index is 12.8. The molecule has 0 radical (unpaired) electrons. The van der Waals surface area contributed by atoms with E-state index in [1.165, 1.54) is 25.6 Å². The SMILES string of the molecule is Cc1oc2ncn(CC(C)C)c(=O)c2c1C(=O)NCCN1CCCC[C@H]1C. The first kappa shape index (κ1) is 19.6. The molecule has 7 nitrogen and oxygen atoms in total. The molecule has 1 atom stereocenters. The van der Waals surface area contributed by atoms with Crippen molar-refractivity contribution in [1.82, 2.24) is 19.8 Å². The number of furan rings is 1. The molecule has 3 heterocycles. The van der Waals surface area contributed by atoms with Gasteiger partial charge in [-0.25, -0.2) is 4.98 Å². The van der Waals surface area contributed by atoms with Gasteiger partial charge in [0, 0.05) is 25.7 Å². The van der Waals surface area contributed by atoms with Crippen molar-refractivity contribution in [3.8, 4) is 0 Å². The van der Waals surface area contributed by atoms with Crippen molar-refractivity contribution in [3.05, 3.63) is 28.0 Å². The molecule has 1 N–H and O–H groups in total. The number of hydrogen-bond acceptors (Lipinski definition) is 5. The second kappa shape index (κ2) is 8.25. The molecule has 2 aromatic rings. The molecule has 7 heteroatoms. The molecular formula is C20H30N4O3. The van der Waals surface area contributed by atoms with Gasteiger partial charge in [0.05, 0.1) is 5.56 Å². The van der Waals surface area contributed by atoms with Gasteiger partial charge >= 0.3 is 0 Å². The summed E-state index contributed by atoms with van der Waals surface area (Å²) in [4.78, 5) is 32.3. The van der Waals surface area contributed by atoms with Crippen LogP contribution in [0.5, 0.6) is 0 Å². The third-order valence-corrected chi connectivity index (χ3v) is 5.27. The minimum atomic E-state index is -0.267. The highest BCUT2D eigenvalue weighted by molar-refractivity contribution is 6.06. The van der Waals surface area contributed by atoms with Crippen molar-refractivity contribution in [1.29, 1.82) is 0 Å². The number of nitrogens with zero attached hydrogens (tertiary/aromatic N) is 3. The maximum Gasteiger partial charge on any atom is 0.265 e. The van der Waals surface area contributed by atoms with Gasteiger partial charge in [-0.15, -0.1) is 0 Å². The van der Waals surface area contributed by atoms with E-state index < -0.39 is 0 Å². The van der Waals surface area contributed by atoms with Crippen molar-refractivity contribution >= 4 is 17.0 Å². The lowest BCUT2D eigenvalue weighted by atomic mass is 10.0. The summed E-state index contributed by atoms with van der Waals surface area (Å²) < 4.78 is 7.13. The summed E-state index contributed by atoms with van der Waals surface area (Å²) in [7, 11) is 0. The lowest BCUT2D eigenvalue weighted by Crippen LogP contribution is -2.42. The Morgan fingerprint density at radius 1 is 1.41 bits per heavy atom. The van der Waals surface area contributed by atoms with Gasteiger partial charge in [-0.2, -0.15) is 0 Å². The normalized spacial score (nSPS) is 18.3. The highest BCUT2D eigenvalue weighted by Gasteiger charge is 2.23. The van der Waals surface area contributed by atoms with Crippen molar-refractivity contribution in [2.45, 2.75) is 59.5 Å². The van der Waals surface area contributed by atoms with Crippen molar-refractivity contribution in [2.24, 2.45) is 5.92 Å². The number of fused-ring (bicyclic) bond motifs is 1. The molecule has 1 saturated heterocycles. The van der Waals surface area contributed by atoms with Crippen LogP contribution in [0.25, 0.3) is 11.1 Å². The van der Waals surface area contributed by atoms with Crippen LogP contribution in [0, 0.1) is 12.8 Å². The Balaban J connectivity index is 1.77. The second-order valence-electron chi connectivity index (χ2n) is 7.95. The first-order valence-corrected chi connectivity index (χ1v) is 9.89. The zero-order valence-corrected chi connectivity index (χ0v) is 16.7. The van der Waals surface area contributed by atoms with E-state index in [9.17, 15) is 9.59 Å². The van der Waals surface area contributed by atoms with Gasteiger partial charge in [0.2, 0.25) is 5.71 Å². The van der Waals surface area contributed by atoms with E-state index in [1.807, 2.05) is 13.8 Å². The van der Waals surface area contributed by atoms with E-state index in [1.54, 1.807) is 11.5 Å². The van der Waals surface area contributed by atoms with Gasteiger partial charge in [0.15, 0.2) is 0 Å². The van der Waals surface area contributed by atoms with E-state index >= 15 is 0 Å². The Kier molecular flexibility index (Phi) is 5.99. The van der Waals surface area contributed by atoms with Crippen LogP contribution in [-0.4, -0.2) is 46.0 Å². The smallest absolute Gasteiger partial charge is 0.265 e. The van der Waals surface area contributed by atoms with Crippen LogP contribution in [0.4, 0.5) is 0 Å². The highest BCUT2D eigenvalue weighted by atomic mass is 16.3. The molecule has 0 saturated carbocycles.